The SMILES string of the molecule is C[N+]1=C(N)C(C)(C)c2ccccc21. The van der Waals surface area contributed by atoms with Gasteiger partial charge < -0.3 is 0 Å². The van der Waals surface area contributed by atoms with Crippen molar-refractivity contribution in [1.82, 2.24) is 0 Å². The lowest BCUT2D eigenvalue weighted by Gasteiger charge is -2.13. The van der Waals surface area contributed by atoms with E-state index in [9.17, 15) is 0 Å². The van der Waals surface area contributed by atoms with E-state index < -0.39 is 0 Å². The topological polar surface area (TPSA) is 29.0 Å². The first-order valence-electron chi connectivity index (χ1n) is 4.51. The molecule has 0 amide bonds. The molecule has 1 aromatic carbocycles. The molecule has 0 spiro atoms. The van der Waals surface area contributed by atoms with Crippen molar-refractivity contribution in [2.75, 3.05) is 7.05 Å². The maximum Gasteiger partial charge on any atom is 0.257 e. The highest BCUT2D eigenvalue weighted by atomic mass is 15.1. The van der Waals surface area contributed by atoms with E-state index in [1.807, 2.05) is 13.1 Å². The average Bonchev–Trinajstić information content (AvgIpc) is 2.30. The van der Waals surface area contributed by atoms with Gasteiger partial charge in [0.25, 0.3) is 5.84 Å². The Kier molecular flexibility index (Phi) is 1.50. The van der Waals surface area contributed by atoms with E-state index in [1.54, 1.807) is 0 Å². The number of hydrogen-bond donors (Lipinski definition) is 1. The van der Waals surface area contributed by atoms with Crippen molar-refractivity contribution in [3.8, 4) is 0 Å². The minimum atomic E-state index is -0.0225. The van der Waals surface area contributed by atoms with Gasteiger partial charge in [0.2, 0.25) is 0 Å². The van der Waals surface area contributed by atoms with Crippen LogP contribution in [0, 0.1) is 0 Å². The Bertz CT molecular complexity index is 389. The van der Waals surface area contributed by atoms with Crippen LogP contribution in [0.25, 0.3) is 0 Å². The summed E-state index contributed by atoms with van der Waals surface area (Å²) >= 11 is 0. The molecule has 0 aromatic heterocycles. The van der Waals surface area contributed by atoms with Crippen LogP contribution in [0.3, 0.4) is 0 Å². The fraction of sp³-hybridized carbons (Fsp3) is 0.364. The van der Waals surface area contributed by atoms with E-state index in [4.69, 9.17) is 5.73 Å². The van der Waals surface area contributed by atoms with Crippen LogP contribution in [0.1, 0.15) is 19.4 Å². The summed E-state index contributed by atoms with van der Waals surface area (Å²) in [6, 6.07) is 8.36. The second-order valence-electron chi connectivity index (χ2n) is 4.09. The van der Waals surface area contributed by atoms with Crippen LogP contribution in [0.5, 0.6) is 0 Å². The van der Waals surface area contributed by atoms with Gasteiger partial charge in [-0.25, -0.2) is 4.58 Å². The van der Waals surface area contributed by atoms with Crippen LogP contribution in [0.2, 0.25) is 0 Å². The number of nitrogens with two attached hydrogens (primary N) is 1. The lowest BCUT2D eigenvalue weighted by Crippen LogP contribution is -2.35. The molecule has 1 aromatic rings. The number of amidine groups is 1. The first-order chi connectivity index (χ1) is 6.05. The standard InChI is InChI=1S/C11H14N2/c1-11(2)8-6-4-5-7-9(8)13(3)10(11)12/h4-7,12H,1-3H3/p+1. The molecular formula is C11H15N2+. The van der Waals surface area contributed by atoms with Crippen LogP contribution in [-0.4, -0.2) is 17.5 Å². The highest BCUT2D eigenvalue weighted by Gasteiger charge is 2.40. The van der Waals surface area contributed by atoms with Gasteiger partial charge in [-0.2, -0.15) is 0 Å². The monoisotopic (exact) mass is 175 g/mol. The molecule has 2 nitrogen and oxygen atoms in total. The van der Waals surface area contributed by atoms with E-state index in [0.29, 0.717) is 0 Å². The minimum absolute atomic E-state index is 0.0225. The van der Waals surface area contributed by atoms with Crippen molar-refractivity contribution >= 4 is 11.5 Å². The molecule has 0 unspecified atom stereocenters. The van der Waals surface area contributed by atoms with Gasteiger partial charge in [0.1, 0.15) is 5.69 Å². The number of fused-ring (bicyclic) bond motifs is 1. The van der Waals surface area contributed by atoms with E-state index in [1.165, 1.54) is 11.3 Å². The largest absolute Gasteiger partial charge is 0.290 e. The predicted octanol–water partition coefficient (Wildman–Crippen LogP) is 1.61. The Labute approximate surface area is 78.7 Å². The fourth-order valence-corrected chi connectivity index (χ4v) is 1.98. The average molecular weight is 175 g/mol. The molecule has 2 N–H and O–H groups in total. The maximum atomic E-state index is 6.05. The fourth-order valence-electron chi connectivity index (χ4n) is 1.98. The molecule has 2 heteroatoms. The minimum Gasteiger partial charge on any atom is -0.290 e. The van der Waals surface area contributed by atoms with E-state index in [2.05, 4.69) is 36.6 Å². The predicted molar refractivity (Wildman–Crippen MR) is 54.5 cm³/mol. The summed E-state index contributed by atoms with van der Waals surface area (Å²) in [6.45, 7) is 4.31. The van der Waals surface area contributed by atoms with Gasteiger partial charge in [0, 0.05) is 5.56 Å². The summed E-state index contributed by atoms with van der Waals surface area (Å²) in [5.41, 5.74) is 8.57. The lowest BCUT2D eigenvalue weighted by atomic mass is 9.85. The molecule has 0 fully saturated rings. The van der Waals surface area contributed by atoms with E-state index in [0.717, 1.165) is 5.84 Å². The number of rotatable bonds is 0. The van der Waals surface area contributed by atoms with Crippen LogP contribution in [0.15, 0.2) is 24.3 Å². The molecule has 1 aliphatic rings. The number of nitrogens with zero attached hydrogens (tertiary/aromatic N) is 1. The van der Waals surface area contributed by atoms with Crippen molar-refractivity contribution in [2.45, 2.75) is 19.3 Å². The van der Waals surface area contributed by atoms with Gasteiger partial charge in [-0.15, -0.1) is 0 Å². The van der Waals surface area contributed by atoms with Gasteiger partial charge in [-0.05, 0) is 19.9 Å². The molecule has 0 aliphatic carbocycles. The molecule has 1 heterocycles. The van der Waals surface area contributed by atoms with E-state index >= 15 is 0 Å². The van der Waals surface area contributed by atoms with Gasteiger partial charge in [0.15, 0.2) is 0 Å². The van der Waals surface area contributed by atoms with Gasteiger partial charge >= 0.3 is 0 Å². The second-order valence-corrected chi connectivity index (χ2v) is 4.09. The van der Waals surface area contributed by atoms with Crippen molar-refractivity contribution in [3.63, 3.8) is 0 Å². The Morgan fingerprint density at radius 1 is 1.23 bits per heavy atom. The molecule has 0 radical (unpaired) electrons. The molecule has 0 saturated heterocycles. The van der Waals surface area contributed by atoms with Crippen LogP contribution in [-0.2, 0) is 5.41 Å². The molecule has 68 valence electrons. The molecule has 2 rings (SSSR count). The second kappa shape index (κ2) is 2.34. The molecule has 0 atom stereocenters. The van der Waals surface area contributed by atoms with Crippen LogP contribution >= 0.6 is 0 Å². The van der Waals surface area contributed by atoms with Crippen LogP contribution < -0.4 is 5.73 Å². The Balaban J connectivity index is 2.74. The molecule has 0 bridgehead atoms. The zero-order valence-corrected chi connectivity index (χ0v) is 8.33. The summed E-state index contributed by atoms with van der Waals surface area (Å²) in [5.74, 6) is 0.925. The van der Waals surface area contributed by atoms with Crippen molar-refractivity contribution in [3.05, 3.63) is 29.8 Å². The summed E-state index contributed by atoms with van der Waals surface area (Å²) in [4.78, 5) is 0. The molecule has 13 heavy (non-hydrogen) atoms. The third-order valence-electron chi connectivity index (χ3n) is 2.94. The Hall–Kier alpha value is -1.31. The van der Waals surface area contributed by atoms with Gasteiger partial charge in [-0.1, -0.05) is 18.2 Å². The third kappa shape index (κ3) is 0.916. The summed E-state index contributed by atoms with van der Waals surface area (Å²) in [6.07, 6.45) is 0. The number of para-hydroxylation sites is 1. The zero-order valence-electron chi connectivity index (χ0n) is 8.33. The summed E-state index contributed by atoms with van der Waals surface area (Å²) in [5, 5.41) is 0. The Morgan fingerprint density at radius 2 is 1.85 bits per heavy atom. The van der Waals surface area contributed by atoms with Gasteiger partial charge in [0.05, 0.1) is 12.5 Å². The number of benzene rings is 1. The summed E-state index contributed by atoms with van der Waals surface area (Å²) < 4.78 is 2.06. The smallest absolute Gasteiger partial charge is 0.257 e. The van der Waals surface area contributed by atoms with Crippen molar-refractivity contribution in [2.24, 2.45) is 5.73 Å². The van der Waals surface area contributed by atoms with E-state index in [-0.39, 0.29) is 5.41 Å². The summed E-state index contributed by atoms with van der Waals surface area (Å²) in [7, 11) is 2.02. The van der Waals surface area contributed by atoms with Gasteiger partial charge in [-0.3, -0.25) is 5.73 Å². The molecule has 1 aliphatic heterocycles. The number of hydrogen-bond acceptors (Lipinski definition) is 1. The normalized spacial score (nSPS) is 19.0. The molecular weight excluding hydrogens is 160 g/mol. The first-order valence-corrected chi connectivity index (χ1v) is 4.51. The zero-order chi connectivity index (χ0) is 9.64. The lowest BCUT2D eigenvalue weighted by molar-refractivity contribution is -0.403. The highest BCUT2D eigenvalue weighted by Crippen LogP contribution is 2.36. The Morgan fingerprint density at radius 3 is 2.46 bits per heavy atom. The van der Waals surface area contributed by atoms with Crippen molar-refractivity contribution < 1.29 is 4.58 Å². The highest BCUT2D eigenvalue weighted by molar-refractivity contribution is 5.91. The first kappa shape index (κ1) is 8.30. The van der Waals surface area contributed by atoms with Crippen molar-refractivity contribution in [1.29, 1.82) is 0 Å². The third-order valence-corrected chi connectivity index (χ3v) is 2.94. The quantitative estimate of drug-likeness (QED) is 0.596. The van der Waals surface area contributed by atoms with Crippen LogP contribution in [0.4, 0.5) is 5.69 Å². The maximum absolute atomic E-state index is 6.05. The molecule has 0 saturated carbocycles.